The Morgan fingerprint density at radius 3 is 2.63 bits per heavy atom. The number of amidine groups is 1. The van der Waals surface area contributed by atoms with E-state index in [0.29, 0.717) is 52.4 Å². The molecule has 0 aliphatic carbocycles. The highest BCUT2D eigenvalue weighted by Crippen LogP contribution is 2.36. The van der Waals surface area contributed by atoms with Gasteiger partial charge in [0.15, 0.2) is 23.3 Å². The Balaban J connectivity index is 1.44. The second kappa shape index (κ2) is 13.3. The van der Waals surface area contributed by atoms with Crippen molar-refractivity contribution >= 4 is 57.2 Å². The van der Waals surface area contributed by atoms with Crippen molar-refractivity contribution in [1.82, 2.24) is 9.88 Å². The number of aromatic amines is 1. The lowest BCUT2D eigenvalue weighted by Gasteiger charge is -2.15. The molecule has 11 nitrogen and oxygen atoms in total. The van der Waals surface area contributed by atoms with Crippen LogP contribution in [0.3, 0.4) is 0 Å². The number of aliphatic imine (C=N–C) groups is 1. The quantitative estimate of drug-likeness (QED) is 0.0977. The third-order valence-corrected chi connectivity index (χ3v) is 7.60. The zero-order valence-electron chi connectivity index (χ0n) is 23.4. The van der Waals surface area contributed by atoms with E-state index in [0.717, 1.165) is 16.5 Å². The molecule has 2 heterocycles. The Kier molecular flexibility index (Phi) is 9.06. The van der Waals surface area contributed by atoms with E-state index in [1.165, 1.54) is 31.0 Å². The summed E-state index contributed by atoms with van der Waals surface area (Å²) in [6.07, 6.45) is 4.28. The number of rotatable bonds is 11. The maximum absolute atomic E-state index is 13.7. The summed E-state index contributed by atoms with van der Waals surface area (Å²) in [6, 6.07) is 19.0. The van der Waals surface area contributed by atoms with Gasteiger partial charge >= 0.3 is 5.97 Å². The molecule has 4 aromatic rings. The molecule has 1 aliphatic rings. The number of H-pyrrole nitrogens is 1. The Morgan fingerprint density at radius 1 is 1.09 bits per heavy atom. The van der Waals surface area contributed by atoms with Crippen LogP contribution in [-0.4, -0.2) is 58.7 Å². The van der Waals surface area contributed by atoms with Crippen molar-refractivity contribution in [2.75, 3.05) is 26.9 Å². The molecule has 0 saturated carbocycles. The molecule has 12 heteroatoms. The van der Waals surface area contributed by atoms with Crippen LogP contribution >= 0.6 is 11.8 Å². The number of esters is 1. The fourth-order valence-electron chi connectivity index (χ4n) is 4.47. The third kappa shape index (κ3) is 6.87. The maximum atomic E-state index is 13.7. The normalized spacial score (nSPS) is 14.9. The van der Waals surface area contributed by atoms with Crippen LogP contribution in [0.2, 0.25) is 0 Å². The molecule has 1 aliphatic heterocycles. The fourth-order valence-corrected chi connectivity index (χ4v) is 5.49. The summed E-state index contributed by atoms with van der Waals surface area (Å²) in [7, 11) is 1.28. The van der Waals surface area contributed by atoms with Crippen LogP contribution in [0.4, 0.5) is 11.4 Å². The third-order valence-electron chi connectivity index (χ3n) is 6.59. The van der Waals surface area contributed by atoms with Crippen molar-refractivity contribution in [2.45, 2.75) is 13.3 Å². The van der Waals surface area contributed by atoms with Crippen molar-refractivity contribution < 1.29 is 28.7 Å². The Labute approximate surface area is 251 Å². The summed E-state index contributed by atoms with van der Waals surface area (Å²) >= 11 is 1.22. The lowest BCUT2D eigenvalue weighted by molar-refractivity contribution is -0.384. The lowest BCUT2D eigenvalue weighted by atomic mass is 10.1. The first-order valence-corrected chi connectivity index (χ1v) is 14.2. The van der Waals surface area contributed by atoms with Gasteiger partial charge in [-0.1, -0.05) is 24.3 Å². The van der Waals surface area contributed by atoms with Gasteiger partial charge in [0.25, 0.3) is 11.6 Å². The zero-order chi connectivity index (χ0) is 30.3. The number of methoxy groups -OCH3 is 1. The van der Waals surface area contributed by atoms with Crippen molar-refractivity contribution in [3.63, 3.8) is 0 Å². The molecule has 1 N–H and O–H groups in total. The molecule has 1 fully saturated rings. The highest BCUT2D eigenvalue weighted by atomic mass is 32.2. The SMILES string of the molecule is CCOc1cc(/C=C2\SC(=Nc3ccc([N+](=O)[O-])cc3)N(CCc3c[nH]c4ccccc34)C2=O)ccc1OCC(=O)OC. The minimum Gasteiger partial charge on any atom is -0.490 e. The Bertz CT molecular complexity index is 1730. The number of fused-ring (bicyclic) bond motifs is 1. The van der Waals surface area contributed by atoms with Crippen molar-refractivity contribution in [3.05, 3.63) is 99.1 Å². The lowest BCUT2D eigenvalue weighted by Crippen LogP contribution is -2.31. The first-order chi connectivity index (χ1) is 20.9. The number of thioether (sulfide) groups is 1. The topological polar surface area (TPSA) is 136 Å². The second-order valence-corrected chi connectivity index (χ2v) is 10.4. The molecule has 3 aromatic carbocycles. The standard InChI is InChI=1S/C31H28N4O7S/c1-3-41-27-16-20(8-13-26(27)42-19-29(36)40-2)17-28-30(37)34(15-14-21-18-32-25-7-5-4-6-24(21)25)31(43-28)33-22-9-11-23(12-10-22)35(38)39/h4-13,16-18,32H,3,14-15,19H2,1-2H3/b28-17-,33-31?. The molecule has 0 bridgehead atoms. The Hall–Kier alpha value is -5.10. The van der Waals surface area contributed by atoms with Gasteiger partial charge in [-0.3, -0.25) is 19.8 Å². The van der Waals surface area contributed by atoms with Crippen LogP contribution in [0.15, 0.2) is 82.8 Å². The van der Waals surface area contributed by atoms with Crippen LogP contribution in [-0.2, 0) is 20.7 Å². The number of para-hydroxylation sites is 1. The molecule has 0 spiro atoms. The van der Waals surface area contributed by atoms with E-state index in [-0.39, 0.29) is 18.2 Å². The number of non-ortho nitro benzene ring substituents is 1. The smallest absolute Gasteiger partial charge is 0.343 e. The summed E-state index contributed by atoms with van der Waals surface area (Å²) in [5, 5.41) is 12.6. The number of nitro groups is 1. The molecule has 0 unspecified atom stereocenters. The minimum atomic E-state index is -0.519. The number of hydrogen-bond acceptors (Lipinski definition) is 9. The molecular formula is C31H28N4O7S. The average molecular weight is 601 g/mol. The van der Waals surface area contributed by atoms with Crippen molar-refractivity contribution in [3.8, 4) is 11.5 Å². The van der Waals surface area contributed by atoms with E-state index in [9.17, 15) is 19.7 Å². The van der Waals surface area contributed by atoms with Crippen LogP contribution < -0.4 is 9.47 Å². The number of aromatic nitrogens is 1. The minimum absolute atomic E-state index is 0.0417. The van der Waals surface area contributed by atoms with Gasteiger partial charge in [-0.2, -0.15) is 0 Å². The monoisotopic (exact) mass is 600 g/mol. The molecule has 0 radical (unpaired) electrons. The first-order valence-electron chi connectivity index (χ1n) is 13.4. The van der Waals surface area contributed by atoms with Gasteiger partial charge in [-0.15, -0.1) is 0 Å². The van der Waals surface area contributed by atoms with Gasteiger partial charge in [0, 0.05) is 35.8 Å². The van der Waals surface area contributed by atoms with E-state index < -0.39 is 10.9 Å². The van der Waals surface area contributed by atoms with Gasteiger partial charge in [-0.05, 0) is 72.6 Å². The van der Waals surface area contributed by atoms with Crippen LogP contribution in [0, 0.1) is 10.1 Å². The molecule has 0 atom stereocenters. The van der Waals surface area contributed by atoms with Gasteiger partial charge in [0.2, 0.25) is 0 Å². The number of amides is 1. The molecule has 5 rings (SSSR count). The number of carbonyl (C=O) groups is 2. The number of nitro benzene ring substituents is 1. The van der Waals surface area contributed by atoms with Crippen LogP contribution in [0.1, 0.15) is 18.1 Å². The van der Waals surface area contributed by atoms with E-state index in [2.05, 4.69) is 14.7 Å². The molecule has 1 aromatic heterocycles. The van der Waals surface area contributed by atoms with E-state index in [4.69, 9.17) is 9.47 Å². The zero-order valence-corrected chi connectivity index (χ0v) is 24.3. The van der Waals surface area contributed by atoms with Crippen molar-refractivity contribution in [2.24, 2.45) is 4.99 Å². The predicted octanol–water partition coefficient (Wildman–Crippen LogP) is 5.87. The summed E-state index contributed by atoms with van der Waals surface area (Å²) in [5.41, 5.74) is 3.23. The van der Waals surface area contributed by atoms with Gasteiger partial charge in [-0.25, -0.2) is 9.79 Å². The number of ether oxygens (including phenoxy) is 3. The van der Waals surface area contributed by atoms with Crippen LogP contribution in [0.25, 0.3) is 17.0 Å². The fraction of sp³-hybridized carbons (Fsp3) is 0.194. The molecular weight excluding hydrogens is 572 g/mol. The number of hydrogen-bond donors (Lipinski definition) is 1. The summed E-state index contributed by atoms with van der Waals surface area (Å²) < 4.78 is 15.9. The summed E-state index contributed by atoms with van der Waals surface area (Å²) in [5.74, 6) is 0.0661. The molecule has 220 valence electrons. The summed E-state index contributed by atoms with van der Waals surface area (Å²) in [4.78, 5) is 45.9. The van der Waals surface area contributed by atoms with Gasteiger partial charge < -0.3 is 19.2 Å². The molecule has 1 amide bonds. The number of benzene rings is 3. The van der Waals surface area contributed by atoms with Gasteiger partial charge in [0.1, 0.15) is 0 Å². The number of carbonyl (C=O) groups excluding carboxylic acids is 2. The first kappa shape index (κ1) is 29.4. The predicted molar refractivity (Wildman–Crippen MR) is 165 cm³/mol. The van der Waals surface area contributed by atoms with Gasteiger partial charge in [0.05, 0.1) is 29.2 Å². The van der Waals surface area contributed by atoms with E-state index >= 15 is 0 Å². The number of nitrogens with zero attached hydrogens (tertiary/aromatic N) is 3. The highest BCUT2D eigenvalue weighted by Gasteiger charge is 2.33. The molecule has 1 saturated heterocycles. The van der Waals surface area contributed by atoms with Crippen molar-refractivity contribution in [1.29, 1.82) is 0 Å². The Morgan fingerprint density at radius 2 is 1.88 bits per heavy atom. The number of nitrogens with one attached hydrogen (secondary N) is 1. The molecule has 43 heavy (non-hydrogen) atoms. The van der Waals surface area contributed by atoms with Crippen LogP contribution in [0.5, 0.6) is 11.5 Å². The maximum Gasteiger partial charge on any atom is 0.343 e. The largest absolute Gasteiger partial charge is 0.490 e. The highest BCUT2D eigenvalue weighted by molar-refractivity contribution is 8.18. The average Bonchev–Trinajstić information content (AvgIpc) is 3.55. The van der Waals surface area contributed by atoms with E-state index in [1.807, 2.05) is 37.4 Å². The summed E-state index contributed by atoms with van der Waals surface area (Å²) in [6.45, 7) is 2.31. The van der Waals surface area contributed by atoms with E-state index in [1.54, 1.807) is 41.3 Å². The second-order valence-electron chi connectivity index (χ2n) is 9.35.